The van der Waals surface area contributed by atoms with Crippen LogP contribution in [0.15, 0.2) is 35.7 Å². The van der Waals surface area contributed by atoms with Crippen molar-refractivity contribution in [3.63, 3.8) is 0 Å². The van der Waals surface area contributed by atoms with E-state index in [1.807, 2.05) is 5.38 Å². The average Bonchev–Trinajstić information content (AvgIpc) is 3.01. The number of rotatable bonds is 8. The number of likely N-dealkylation sites (N-methyl/N-ethyl adjacent to an activating group) is 1. The highest BCUT2D eigenvalue weighted by atomic mass is 32.1. The van der Waals surface area contributed by atoms with Crippen LogP contribution in [0.1, 0.15) is 31.1 Å². The second-order valence-corrected chi connectivity index (χ2v) is 5.28. The molecule has 1 unspecified atom stereocenters. The zero-order valence-corrected chi connectivity index (χ0v) is 12.9. The molecular weight excluding hydrogens is 268 g/mol. The van der Waals surface area contributed by atoms with Crippen LogP contribution < -0.4 is 5.32 Å². The van der Waals surface area contributed by atoms with Crippen LogP contribution in [0.4, 0.5) is 0 Å². The van der Waals surface area contributed by atoms with Crippen molar-refractivity contribution in [1.82, 2.24) is 19.8 Å². The lowest BCUT2D eigenvalue weighted by atomic mass is 10.1. The standard InChI is InChI=1S/C15H22N4S/c1-3-19(4-2)15(13-8-6-5-7-9-13)11-16-10-14-12-20-18-17-14/h5-9,12,15-16H,3-4,10-11H2,1-2H3. The van der Waals surface area contributed by atoms with E-state index < -0.39 is 0 Å². The van der Waals surface area contributed by atoms with Crippen molar-refractivity contribution in [2.75, 3.05) is 19.6 Å². The van der Waals surface area contributed by atoms with Crippen molar-refractivity contribution in [3.8, 4) is 0 Å². The molecule has 0 saturated heterocycles. The number of nitrogens with one attached hydrogen (secondary N) is 1. The van der Waals surface area contributed by atoms with Gasteiger partial charge in [-0.25, -0.2) is 0 Å². The summed E-state index contributed by atoms with van der Waals surface area (Å²) in [6.07, 6.45) is 0. The lowest BCUT2D eigenvalue weighted by molar-refractivity contribution is 0.213. The lowest BCUT2D eigenvalue weighted by Crippen LogP contribution is -2.35. The van der Waals surface area contributed by atoms with Crippen molar-refractivity contribution in [3.05, 3.63) is 47.0 Å². The number of aromatic nitrogens is 2. The van der Waals surface area contributed by atoms with Gasteiger partial charge in [-0.2, -0.15) is 0 Å². The first kappa shape index (κ1) is 15.1. The van der Waals surface area contributed by atoms with E-state index in [1.165, 1.54) is 17.1 Å². The maximum absolute atomic E-state index is 4.06. The van der Waals surface area contributed by atoms with Gasteiger partial charge in [0.05, 0.1) is 5.69 Å². The molecule has 0 aliphatic heterocycles. The van der Waals surface area contributed by atoms with Gasteiger partial charge in [0.25, 0.3) is 0 Å². The minimum absolute atomic E-state index is 0.401. The molecule has 0 fully saturated rings. The first-order valence-electron chi connectivity index (χ1n) is 7.10. The number of benzene rings is 1. The monoisotopic (exact) mass is 290 g/mol. The lowest BCUT2D eigenvalue weighted by Gasteiger charge is -2.30. The van der Waals surface area contributed by atoms with Crippen LogP contribution in [0.3, 0.4) is 0 Å². The molecule has 0 saturated carbocycles. The molecule has 2 rings (SSSR count). The Bertz CT molecular complexity index is 468. The Kier molecular flexibility index (Phi) is 6.11. The summed E-state index contributed by atoms with van der Waals surface area (Å²) in [4.78, 5) is 2.47. The third-order valence-electron chi connectivity index (χ3n) is 3.49. The van der Waals surface area contributed by atoms with Crippen molar-refractivity contribution >= 4 is 11.5 Å². The Morgan fingerprint density at radius 1 is 1.20 bits per heavy atom. The Labute approximate surface area is 125 Å². The van der Waals surface area contributed by atoms with Crippen molar-refractivity contribution in [2.45, 2.75) is 26.4 Å². The quantitative estimate of drug-likeness (QED) is 0.811. The second-order valence-electron chi connectivity index (χ2n) is 4.67. The van der Waals surface area contributed by atoms with Crippen molar-refractivity contribution < 1.29 is 0 Å². The fourth-order valence-electron chi connectivity index (χ4n) is 2.40. The molecule has 0 bridgehead atoms. The van der Waals surface area contributed by atoms with Crippen LogP contribution in [0.25, 0.3) is 0 Å². The van der Waals surface area contributed by atoms with E-state index in [0.29, 0.717) is 6.04 Å². The molecule has 108 valence electrons. The predicted octanol–water partition coefficient (Wildman–Crippen LogP) is 2.71. The maximum atomic E-state index is 4.06. The van der Waals surface area contributed by atoms with Gasteiger partial charge in [-0.3, -0.25) is 4.90 Å². The third kappa shape index (κ3) is 4.10. The fraction of sp³-hybridized carbons (Fsp3) is 0.467. The average molecular weight is 290 g/mol. The van der Waals surface area contributed by atoms with Gasteiger partial charge in [-0.05, 0) is 30.2 Å². The molecule has 0 radical (unpaired) electrons. The summed E-state index contributed by atoms with van der Waals surface area (Å²) in [6.45, 7) is 8.23. The Hall–Kier alpha value is -1.30. The molecule has 0 aliphatic rings. The largest absolute Gasteiger partial charge is 0.309 e. The van der Waals surface area contributed by atoms with E-state index in [9.17, 15) is 0 Å². The molecule has 1 atom stereocenters. The molecule has 1 aromatic carbocycles. The van der Waals surface area contributed by atoms with Crippen LogP contribution >= 0.6 is 11.5 Å². The summed E-state index contributed by atoms with van der Waals surface area (Å²) in [6, 6.07) is 11.1. The first-order valence-corrected chi connectivity index (χ1v) is 7.94. The molecule has 20 heavy (non-hydrogen) atoms. The minimum atomic E-state index is 0.401. The van der Waals surface area contributed by atoms with E-state index in [-0.39, 0.29) is 0 Å². The van der Waals surface area contributed by atoms with E-state index in [1.54, 1.807) is 0 Å². The van der Waals surface area contributed by atoms with Gasteiger partial charge in [-0.1, -0.05) is 48.7 Å². The smallest absolute Gasteiger partial charge is 0.0893 e. The first-order chi connectivity index (χ1) is 9.85. The van der Waals surface area contributed by atoms with E-state index in [4.69, 9.17) is 0 Å². The molecule has 0 spiro atoms. The SMILES string of the molecule is CCN(CC)C(CNCc1csnn1)c1ccccc1. The maximum Gasteiger partial charge on any atom is 0.0893 e. The zero-order chi connectivity index (χ0) is 14.2. The molecule has 2 aromatic rings. The summed E-state index contributed by atoms with van der Waals surface area (Å²) < 4.78 is 3.89. The van der Waals surface area contributed by atoms with Crippen molar-refractivity contribution in [1.29, 1.82) is 0 Å². The number of hydrogen-bond acceptors (Lipinski definition) is 5. The third-order valence-corrected chi connectivity index (χ3v) is 4.04. The summed E-state index contributed by atoms with van der Waals surface area (Å²) in [5, 5.41) is 9.55. The highest BCUT2D eigenvalue weighted by Crippen LogP contribution is 2.19. The normalized spacial score (nSPS) is 12.8. The van der Waals surface area contributed by atoms with Gasteiger partial charge in [0.15, 0.2) is 0 Å². The predicted molar refractivity (Wildman–Crippen MR) is 83.7 cm³/mol. The summed E-state index contributed by atoms with van der Waals surface area (Å²) >= 11 is 1.40. The van der Waals surface area contributed by atoms with Crippen LogP contribution in [-0.2, 0) is 6.54 Å². The van der Waals surface area contributed by atoms with Gasteiger partial charge in [0.2, 0.25) is 0 Å². The summed E-state index contributed by atoms with van der Waals surface area (Å²) in [5.74, 6) is 0. The topological polar surface area (TPSA) is 41.0 Å². The summed E-state index contributed by atoms with van der Waals surface area (Å²) in [5.41, 5.74) is 2.38. The molecular formula is C15H22N4S. The molecule has 1 N–H and O–H groups in total. The van der Waals surface area contributed by atoms with Crippen LogP contribution in [0.2, 0.25) is 0 Å². The van der Waals surface area contributed by atoms with E-state index in [0.717, 1.165) is 31.9 Å². The van der Waals surface area contributed by atoms with Gasteiger partial charge in [0, 0.05) is 24.5 Å². The molecule has 5 heteroatoms. The van der Waals surface area contributed by atoms with Crippen molar-refractivity contribution in [2.24, 2.45) is 0 Å². The molecule has 4 nitrogen and oxygen atoms in total. The van der Waals surface area contributed by atoms with Gasteiger partial charge in [0.1, 0.15) is 0 Å². The van der Waals surface area contributed by atoms with Gasteiger partial charge < -0.3 is 5.32 Å². The van der Waals surface area contributed by atoms with Crippen LogP contribution in [-0.4, -0.2) is 34.1 Å². The molecule has 1 heterocycles. The fourth-order valence-corrected chi connectivity index (χ4v) is 2.85. The highest BCUT2D eigenvalue weighted by molar-refractivity contribution is 7.03. The van der Waals surface area contributed by atoms with Gasteiger partial charge in [-0.15, -0.1) is 5.10 Å². The Morgan fingerprint density at radius 3 is 2.55 bits per heavy atom. The highest BCUT2D eigenvalue weighted by Gasteiger charge is 2.17. The molecule has 0 aliphatic carbocycles. The van der Waals surface area contributed by atoms with E-state index >= 15 is 0 Å². The van der Waals surface area contributed by atoms with Crippen LogP contribution in [0, 0.1) is 0 Å². The number of nitrogens with zero attached hydrogens (tertiary/aromatic N) is 3. The van der Waals surface area contributed by atoms with Crippen LogP contribution in [0.5, 0.6) is 0 Å². The number of hydrogen-bond donors (Lipinski definition) is 1. The van der Waals surface area contributed by atoms with Gasteiger partial charge >= 0.3 is 0 Å². The molecule has 0 amide bonds. The molecule has 1 aromatic heterocycles. The minimum Gasteiger partial charge on any atom is -0.309 e. The zero-order valence-electron chi connectivity index (χ0n) is 12.1. The second kappa shape index (κ2) is 8.09. The Morgan fingerprint density at radius 2 is 1.95 bits per heavy atom. The Balaban J connectivity index is 1.99. The van der Waals surface area contributed by atoms with E-state index in [2.05, 4.69) is 64.0 Å². The summed E-state index contributed by atoms with van der Waals surface area (Å²) in [7, 11) is 0.